The number of nitrogens with zero attached hydrogens (tertiary/aromatic N) is 2. The highest BCUT2D eigenvalue weighted by Gasteiger charge is 2.54. The van der Waals surface area contributed by atoms with Gasteiger partial charge in [-0.1, -0.05) is 54.6 Å². The molecule has 0 amide bonds. The standard InChI is InChI=1S/C20H22N2O2/c1-19(2)20(3,4)22(24)18(14-21(19)23)17-12-10-16(11-13-17)15-8-6-5-7-9-15/h5-14H,1-4H3. The second-order valence-electron chi connectivity index (χ2n) is 7.20. The molecule has 4 nitrogen and oxygen atoms in total. The summed E-state index contributed by atoms with van der Waals surface area (Å²) < 4.78 is 0.891. The molecule has 0 aliphatic carbocycles. The molecule has 24 heavy (non-hydrogen) atoms. The number of hydroxylamine groups is 2. The van der Waals surface area contributed by atoms with E-state index in [1.54, 1.807) is 27.7 Å². The van der Waals surface area contributed by atoms with Crippen molar-refractivity contribution in [2.75, 3.05) is 0 Å². The highest BCUT2D eigenvalue weighted by molar-refractivity contribution is 5.70. The zero-order valence-electron chi connectivity index (χ0n) is 14.5. The minimum Gasteiger partial charge on any atom is -0.758 e. The summed E-state index contributed by atoms with van der Waals surface area (Å²) in [6, 6.07) is 17.8. The number of benzene rings is 2. The van der Waals surface area contributed by atoms with Gasteiger partial charge in [-0.2, -0.15) is 0 Å². The second kappa shape index (κ2) is 5.56. The third-order valence-electron chi connectivity index (χ3n) is 5.30. The van der Waals surface area contributed by atoms with Crippen LogP contribution in [0.5, 0.6) is 0 Å². The number of hydrogen-bond acceptors (Lipinski definition) is 3. The van der Waals surface area contributed by atoms with E-state index in [-0.39, 0.29) is 0 Å². The zero-order chi connectivity index (χ0) is 17.5. The van der Waals surface area contributed by atoms with Crippen molar-refractivity contribution in [3.05, 3.63) is 76.5 Å². The molecule has 124 valence electrons. The Morgan fingerprint density at radius 3 is 1.92 bits per heavy atom. The fraction of sp³-hybridized carbons (Fsp3) is 0.300. The lowest BCUT2D eigenvalue weighted by molar-refractivity contribution is -0.580. The summed E-state index contributed by atoms with van der Waals surface area (Å²) in [4.78, 5) is 12.4. The molecule has 4 heteroatoms. The van der Waals surface area contributed by atoms with Crippen LogP contribution >= 0.6 is 0 Å². The molecule has 0 bridgehead atoms. The minimum absolute atomic E-state index is 0.397. The Morgan fingerprint density at radius 1 is 0.833 bits per heavy atom. The fourth-order valence-corrected chi connectivity index (χ4v) is 2.80. The number of nitroso groups, excluding NO2 is 1. The highest BCUT2D eigenvalue weighted by Crippen LogP contribution is 2.40. The molecule has 3 rings (SSSR count). The van der Waals surface area contributed by atoms with Crippen molar-refractivity contribution in [2.45, 2.75) is 38.8 Å². The Bertz CT molecular complexity index is 790. The van der Waals surface area contributed by atoms with E-state index in [0.717, 1.165) is 26.5 Å². The van der Waals surface area contributed by atoms with Gasteiger partial charge in [0.05, 0.1) is 5.54 Å². The van der Waals surface area contributed by atoms with E-state index >= 15 is 0 Å². The predicted octanol–water partition coefficient (Wildman–Crippen LogP) is 4.80. The van der Waals surface area contributed by atoms with Gasteiger partial charge in [-0.25, -0.2) is 0 Å². The van der Waals surface area contributed by atoms with Crippen molar-refractivity contribution in [1.29, 1.82) is 0 Å². The van der Waals surface area contributed by atoms with Gasteiger partial charge in [0.25, 0.3) is 0 Å². The normalized spacial score (nSPS) is 19.1. The molecular weight excluding hydrogens is 300 g/mol. The van der Waals surface area contributed by atoms with Crippen LogP contribution in [-0.4, -0.2) is 20.9 Å². The van der Waals surface area contributed by atoms with Gasteiger partial charge in [-0.05, 0) is 25.0 Å². The zero-order valence-corrected chi connectivity index (χ0v) is 14.5. The Kier molecular flexibility index (Phi) is 3.80. The summed E-state index contributed by atoms with van der Waals surface area (Å²) in [5.74, 6) is 0. The molecule has 0 atom stereocenters. The summed E-state index contributed by atoms with van der Waals surface area (Å²) in [5, 5.41) is 13.8. The van der Waals surface area contributed by atoms with E-state index in [9.17, 15) is 10.1 Å². The van der Waals surface area contributed by atoms with E-state index < -0.39 is 11.1 Å². The third kappa shape index (κ3) is 2.43. The summed E-state index contributed by atoms with van der Waals surface area (Å²) in [6.07, 6.45) is 1.40. The van der Waals surface area contributed by atoms with Crippen LogP contribution in [-0.2, 0) is 0 Å². The molecule has 0 N–H and O–H groups in total. The molecule has 2 aromatic carbocycles. The average molecular weight is 322 g/mol. The summed E-state index contributed by atoms with van der Waals surface area (Å²) in [6.45, 7) is 7.18. The van der Waals surface area contributed by atoms with Gasteiger partial charge in [0.1, 0.15) is 5.70 Å². The third-order valence-corrected chi connectivity index (χ3v) is 5.30. The molecule has 0 spiro atoms. The Balaban J connectivity index is 1.99. The van der Waals surface area contributed by atoms with Gasteiger partial charge in [0.15, 0.2) is 0 Å². The predicted molar refractivity (Wildman–Crippen MR) is 96.8 cm³/mol. The quantitative estimate of drug-likeness (QED) is 0.746. The molecule has 1 heterocycles. The lowest BCUT2D eigenvalue weighted by atomic mass is 9.80. The SMILES string of the molecule is CC1(C)N([O-])C(c2ccc(-c3ccccc3)cc2)=C[N+](=O)C1(C)C. The van der Waals surface area contributed by atoms with E-state index in [1.807, 2.05) is 54.6 Å². The van der Waals surface area contributed by atoms with Crippen molar-refractivity contribution >= 4 is 5.70 Å². The van der Waals surface area contributed by atoms with Crippen LogP contribution in [0.25, 0.3) is 16.8 Å². The smallest absolute Gasteiger partial charge is 0.244 e. The molecular formula is C20H22N2O2. The van der Waals surface area contributed by atoms with Crippen LogP contribution in [0.4, 0.5) is 0 Å². The summed E-state index contributed by atoms with van der Waals surface area (Å²) in [5.41, 5.74) is 1.70. The second-order valence-corrected chi connectivity index (χ2v) is 7.20. The Hall–Kier alpha value is -2.46. The Morgan fingerprint density at radius 2 is 1.33 bits per heavy atom. The Labute approximate surface area is 142 Å². The first-order chi connectivity index (χ1) is 11.2. The minimum atomic E-state index is -0.836. The molecule has 0 radical (unpaired) electrons. The monoisotopic (exact) mass is 322 g/mol. The lowest BCUT2D eigenvalue weighted by Gasteiger charge is -2.52. The maximum Gasteiger partial charge on any atom is 0.244 e. The topological polar surface area (TPSA) is 46.4 Å². The first-order valence-electron chi connectivity index (χ1n) is 8.06. The van der Waals surface area contributed by atoms with Gasteiger partial charge >= 0.3 is 0 Å². The van der Waals surface area contributed by atoms with E-state index in [0.29, 0.717) is 5.70 Å². The van der Waals surface area contributed by atoms with Crippen LogP contribution < -0.4 is 0 Å². The van der Waals surface area contributed by atoms with E-state index in [1.165, 1.54) is 6.20 Å². The van der Waals surface area contributed by atoms with Crippen molar-refractivity contribution in [3.8, 4) is 11.1 Å². The first-order valence-corrected chi connectivity index (χ1v) is 8.06. The van der Waals surface area contributed by atoms with Gasteiger partial charge in [-0.15, -0.1) is 0 Å². The van der Waals surface area contributed by atoms with Gasteiger partial charge in [-0.3, -0.25) is 0 Å². The van der Waals surface area contributed by atoms with E-state index in [4.69, 9.17) is 0 Å². The largest absolute Gasteiger partial charge is 0.758 e. The van der Waals surface area contributed by atoms with Crippen LogP contribution in [0.1, 0.15) is 33.3 Å². The first kappa shape index (κ1) is 16.4. The maximum absolute atomic E-state index is 12.8. The molecule has 1 aliphatic rings. The maximum atomic E-state index is 12.8. The summed E-state index contributed by atoms with van der Waals surface area (Å²) in [7, 11) is 0. The van der Waals surface area contributed by atoms with Crippen molar-refractivity contribution in [1.82, 2.24) is 5.06 Å². The molecule has 0 aromatic heterocycles. The number of hydrogen-bond donors (Lipinski definition) is 0. The average Bonchev–Trinajstić information content (AvgIpc) is 2.58. The molecule has 2 aromatic rings. The molecule has 0 unspecified atom stereocenters. The lowest BCUT2D eigenvalue weighted by Crippen LogP contribution is -2.61. The van der Waals surface area contributed by atoms with Crippen LogP contribution in [0.3, 0.4) is 0 Å². The molecule has 1 aliphatic heterocycles. The highest BCUT2D eigenvalue weighted by atomic mass is 16.5. The van der Waals surface area contributed by atoms with Gasteiger partial charge in [0, 0.05) is 29.1 Å². The number of rotatable bonds is 2. The molecule has 0 fully saturated rings. The van der Waals surface area contributed by atoms with Crippen molar-refractivity contribution in [2.24, 2.45) is 0 Å². The van der Waals surface area contributed by atoms with Crippen LogP contribution in [0.2, 0.25) is 0 Å². The molecule has 0 saturated carbocycles. The molecule has 0 saturated heterocycles. The van der Waals surface area contributed by atoms with E-state index in [2.05, 4.69) is 0 Å². The van der Waals surface area contributed by atoms with Crippen molar-refractivity contribution < 1.29 is 4.76 Å². The van der Waals surface area contributed by atoms with Crippen LogP contribution in [0.15, 0.2) is 60.8 Å². The summed E-state index contributed by atoms with van der Waals surface area (Å²) >= 11 is 0. The van der Waals surface area contributed by atoms with Crippen molar-refractivity contribution in [3.63, 3.8) is 0 Å². The van der Waals surface area contributed by atoms with Gasteiger partial charge in [0.2, 0.25) is 11.7 Å². The van der Waals surface area contributed by atoms with Crippen LogP contribution in [0, 0.1) is 10.1 Å². The van der Waals surface area contributed by atoms with Gasteiger partial charge < -0.3 is 10.3 Å². The fourth-order valence-electron chi connectivity index (χ4n) is 2.80.